The van der Waals surface area contributed by atoms with E-state index in [1.54, 1.807) is 24.3 Å². The molecule has 4 N–H and O–H groups in total. The Hall–Kier alpha value is -5.10. The lowest BCUT2D eigenvalue weighted by Gasteiger charge is -2.27. The maximum atomic E-state index is 13.6. The maximum absolute atomic E-state index is 13.6. The van der Waals surface area contributed by atoms with Crippen molar-refractivity contribution < 1.29 is 14.3 Å². The minimum Gasteiger partial charge on any atom is -0.381 e. The van der Waals surface area contributed by atoms with Crippen LogP contribution in [0.5, 0.6) is 0 Å². The van der Waals surface area contributed by atoms with E-state index in [4.69, 9.17) is 9.72 Å². The third-order valence-corrected chi connectivity index (χ3v) is 11.5. The summed E-state index contributed by atoms with van der Waals surface area (Å²) in [5.74, 6) is -0.482. The Balaban J connectivity index is 0.932. The molecule has 3 fully saturated rings. The van der Waals surface area contributed by atoms with Crippen LogP contribution >= 0.6 is 0 Å². The van der Waals surface area contributed by atoms with Crippen molar-refractivity contribution in [3.05, 3.63) is 112 Å². The third kappa shape index (κ3) is 8.01. The molecule has 11 heteroatoms. The summed E-state index contributed by atoms with van der Waals surface area (Å²) in [5.41, 5.74) is 10.4. The fraction of sp³-hybridized carbons (Fsp3) is 0.409. The molecule has 5 aromatic rings. The van der Waals surface area contributed by atoms with Crippen molar-refractivity contribution in [1.82, 2.24) is 35.6 Å². The topological polar surface area (TPSA) is 125 Å². The van der Waals surface area contributed by atoms with Gasteiger partial charge in [-0.1, -0.05) is 43.3 Å². The fourth-order valence-electron chi connectivity index (χ4n) is 8.46. The van der Waals surface area contributed by atoms with E-state index in [0.29, 0.717) is 42.7 Å². The molecule has 0 aliphatic carbocycles. The zero-order valence-corrected chi connectivity index (χ0v) is 32.2. The standard InChI is InChI=1S/C44H52N8O3/c1-4-40-38(41(49-34-14-16-55-17-15-34)39-25-48-52(5-2)42(39)50-40)24-47-44(54)33-11-7-10-32(20-33)43(53)46-22-29-13-12-28(3)37(19-29)31-9-6-8-30(18-31)26-51-27-35-21-36(51)23-45-35/h6-13,18-20,25,34-36,45H,4-5,14-17,21-24,26-27H2,1-3H3,(H,46,53)(H,47,54)(H,49,50)/t35-,36-/m0/s1. The highest BCUT2D eigenvalue weighted by Crippen LogP contribution is 2.32. The molecule has 0 spiro atoms. The molecule has 0 saturated carbocycles. The van der Waals surface area contributed by atoms with E-state index in [1.807, 2.05) is 10.9 Å². The lowest BCUT2D eigenvalue weighted by molar-refractivity contribution is 0.0904. The van der Waals surface area contributed by atoms with E-state index >= 15 is 0 Å². The van der Waals surface area contributed by atoms with Crippen molar-refractivity contribution >= 4 is 28.5 Å². The van der Waals surface area contributed by atoms with Crippen molar-refractivity contribution in [3.8, 4) is 11.1 Å². The molecule has 3 aliphatic heterocycles. The largest absolute Gasteiger partial charge is 0.381 e. The van der Waals surface area contributed by atoms with E-state index < -0.39 is 0 Å². The third-order valence-electron chi connectivity index (χ3n) is 11.5. The average Bonchev–Trinajstić information content (AvgIpc) is 3.97. The molecule has 2 bridgehead atoms. The monoisotopic (exact) mass is 740 g/mol. The quantitative estimate of drug-likeness (QED) is 0.116. The highest BCUT2D eigenvalue weighted by molar-refractivity contribution is 6.00. The normalized spacial score (nSPS) is 18.5. The van der Waals surface area contributed by atoms with Crippen LogP contribution in [0.2, 0.25) is 0 Å². The summed E-state index contributed by atoms with van der Waals surface area (Å²) in [7, 11) is 0. The number of nitrogens with one attached hydrogen (secondary N) is 4. The van der Waals surface area contributed by atoms with Gasteiger partial charge in [0.25, 0.3) is 11.8 Å². The SMILES string of the molecule is CCc1nc2c(cnn2CC)c(NC2CCOCC2)c1CNC(=O)c1cccc(C(=O)NCc2ccc(C)c(-c3cccc(CN4C[C@@H]5C[C@H]4CN5)c3)c2)c1. The maximum Gasteiger partial charge on any atom is 0.251 e. The molecule has 5 heterocycles. The van der Waals surface area contributed by atoms with E-state index in [1.165, 1.54) is 28.7 Å². The summed E-state index contributed by atoms with van der Waals surface area (Å²) in [4.78, 5) is 34.7. The first-order valence-corrected chi connectivity index (χ1v) is 19.9. The van der Waals surface area contributed by atoms with Gasteiger partial charge in [0.15, 0.2) is 5.65 Å². The molecule has 2 amide bonds. The van der Waals surface area contributed by atoms with Crippen LogP contribution in [0.15, 0.2) is 72.9 Å². The molecule has 286 valence electrons. The van der Waals surface area contributed by atoms with Gasteiger partial charge in [0.05, 0.1) is 17.3 Å². The van der Waals surface area contributed by atoms with Crippen LogP contribution in [0.3, 0.4) is 0 Å². The zero-order valence-electron chi connectivity index (χ0n) is 32.2. The Morgan fingerprint density at radius 3 is 2.44 bits per heavy atom. The van der Waals surface area contributed by atoms with E-state index in [-0.39, 0.29) is 17.9 Å². The van der Waals surface area contributed by atoms with E-state index in [0.717, 1.165) is 85.8 Å². The molecule has 3 aliphatic rings. The number of ether oxygens (including phenoxy) is 1. The second kappa shape index (κ2) is 16.3. The number of carbonyl (C=O) groups is 2. The van der Waals surface area contributed by atoms with Crippen molar-refractivity contribution in [2.45, 2.75) is 90.8 Å². The first-order valence-electron chi connectivity index (χ1n) is 19.9. The molecule has 3 saturated heterocycles. The molecule has 0 unspecified atom stereocenters. The number of anilines is 1. The number of aromatic nitrogens is 3. The lowest BCUT2D eigenvalue weighted by Crippen LogP contribution is -2.42. The molecule has 3 aromatic carbocycles. The van der Waals surface area contributed by atoms with E-state index in [2.05, 4.69) is 94.5 Å². The number of piperazine rings is 1. The number of likely N-dealkylation sites (tertiary alicyclic amines) is 1. The molecular formula is C44H52N8O3. The fourth-order valence-corrected chi connectivity index (χ4v) is 8.46. The Bertz CT molecular complexity index is 2190. The van der Waals surface area contributed by atoms with Crippen molar-refractivity contribution in [3.63, 3.8) is 0 Å². The van der Waals surface area contributed by atoms with Crippen LogP contribution in [0.4, 0.5) is 5.69 Å². The highest BCUT2D eigenvalue weighted by atomic mass is 16.5. The predicted molar refractivity (Wildman–Crippen MR) is 216 cm³/mol. The second-order valence-electron chi connectivity index (χ2n) is 15.2. The summed E-state index contributed by atoms with van der Waals surface area (Å²) in [6.45, 7) is 12.3. The number of hydrogen-bond donors (Lipinski definition) is 4. The van der Waals surface area contributed by atoms with Gasteiger partial charge in [-0.15, -0.1) is 0 Å². The second-order valence-corrected chi connectivity index (χ2v) is 15.2. The zero-order chi connectivity index (χ0) is 37.9. The van der Waals surface area contributed by atoms with Gasteiger partial charge in [-0.3, -0.25) is 14.5 Å². The van der Waals surface area contributed by atoms with Gasteiger partial charge < -0.3 is 26.0 Å². The Morgan fingerprint density at radius 2 is 1.71 bits per heavy atom. The summed E-state index contributed by atoms with van der Waals surface area (Å²) in [6, 6.07) is 23.7. The summed E-state index contributed by atoms with van der Waals surface area (Å²) >= 11 is 0. The summed E-state index contributed by atoms with van der Waals surface area (Å²) in [6.07, 6.45) is 5.64. The van der Waals surface area contributed by atoms with Gasteiger partial charge in [-0.25, -0.2) is 9.67 Å². The molecule has 2 atom stereocenters. The van der Waals surface area contributed by atoms with Gasteiger partial charge in [0, 0.05) is 93.0 Å². The lowest BCUT2D eigenvalue weighted by atomic mass is 9.96. The Morgan fingerprint density at radius 1 is 0.927 bits per heavy atom. The van der Waals surface area contributed by atoms with Gasteiger partial charge in [0.2, 0.25) is 0 Å². The number of nitrogens with zero attached hydrogens (tertiary/aromatic N) is 4. The number of pyridine rings is 1. The number of benzene rings is 3. The Labute approximate surface area is 323 Å². The van der Waals surface area contributed by atoms with Crippen molar-refractivity contribution in [1.29, 1.82) is 0 Å². The van der Waals surface area contributed by atoms with Crippen LogP contribution in [0, 0.1) is 6.92 Å². The summed E-state index contributed by atoms with van der Waals surface area (Å²) < 4.78 is 7.52. The minimum absolute atomic E-state index is 0.230. The summed E-state index contributed by atoms with van der Waals surface area (Å²) in [5, 5.41) is 19.1. The first kappa shape index (κ1) is 36.9. The van der Waals surface area contributed by atoms with Crippen LogP contribution in [-0.4, -0.2) is 75.9 Å². The van der Waals surface area contributed by atoms with Gasteiger partial charge in [-0.2, -0.15) is 5.10 Å². The number of amides is 2. The molecule has 2 aromatic heterocycles. The smallest absolute Gasteiger partial charge is 0.251 e. The van der Waals surface area contributed by atoms with Crippen LogP contribution in [0.25, 0.3) is 22.2 Å². The van der Waals surface area contributed by atoms with Gasteiger partial charge >= 0.3 is 0 Å². The number of aryl methyl sites for hydroxylation is 3. The van der Waals surface area contributed by atoms with Crippen molar-refractivity contribution in [2.24, 2.45) is 0 Å². The predicted octanol–water partition coefficient (Wildman–Crippen LogP) is 5.99. The Kier molecular flexibility index (Phi) is 10.9. The van der Waals surface area contributed by atoms with Crippen molar-refractivity contribution in [2.75, 3.05) is 31.6 Å². The molecular weight excluding hydrogens is 689 g/mol. The van der Waals surface area contributed by atoms with E-state index in [9.17, 15) is 9.59 Å². The molecule has 11 nitrogen and oxygen atoms in total. The van der Waals surface area contributed by atoms with Crippen LogP contribution in [-0.2, 0) is 37.3 Å². The van der Waals surface area contributed by atoms with Gasteiger partial charge in [0.1, 0.15) is 0 Å². The number of fused-ring (bicyclic) bond motifs is 3. The number of carbonyl (C=O) groups excluding carboxylic acids is 2. The average molecular weight is 741 g/mol. The minimum atomic E-state index is -0.252. The highest BCUT2D eigenvalue weighted by Gasteiger charge is 2.37. The first-order chi connectivity index (χ1) is 26.9. The van der Waals surface area contributed by atoms with Crippen LogP contribution < -0.4 is 21.3 Å². The molecule has 55 heavy (non-hydrogen) atoms. The van der Waals surface area contributed by atoms with Crippen LogP contribution in [0.1, 0.15) is 81.8 Å². The molecule has 8 rings (SSSR count). The number of rotatable bonds is 13. The molecule has 0 radical (unpaired) electrons. The number of hydrogen-bond acceptors (Lipinski definition) is 8. The van der Waals surface area contributed by atoms with Gasteiger partial charge in [-0.05, 0) is 97.7 Å².